The normalized spacial score (nSPS) is 18.4. The molecule has 2 aliphatic heterocycles. The molecule has 6 nitrogen and oxygen atoms in total. The van der Waals surface area contributed by atoms with Gasteiger partial charge in [-0.25, -0.2) is 0 Å². The van der Waals surface area contributed by atoms with E-state index in [1.807, 2.05) is 17.0 Å². The summed E-state index contributed by atoms with van der Waals surface area (Å²) in [7, 11) is 5.55. The summed E-state index contributed by atoms with van der Waals surface area (Å²) in [6.45, 7) is 6.44. The molecule has 0 saturated carbocycles. The fourth-order valence-electron chi connectivity index (χ4n) is 6.18. The number of ether oxygens (including phenoxy) is 2. The van der Waals surface area contributed by atoms with Crippen LogP contribution in [0.1, 0.15) is 46.3 Å². The van der Waals surface area contributed by atoms with Crippen molar-refractivity contribution in [3.8, 4) is 11.5 Å². The van der Waals surface area contributed by atoms with Gasteiger partial charge in [-0.05, 0) is 92.5 Å². The first kappa shape index (κ1) is 27.2. The van der Waals surface area contributed by atoms with Crippen LogP contribution in [0.25, 0.3) is 0 Å². The summed E-state index contributed by atoms with van der Waals surface area (Å²) >= 11 is 0. The number of hydrogen-bond acceptors (Lipinski definition) is 5. The molecule has 2 aliphatic rings. The molecule has 0 N–H and O–H groups in total. The summed E-state index contributed by atoms with van der Waals surface area (Å²) in [4.78, 5) is 20.0. The van der Waals surface area contributed by atoms with E-state index in [9.17, 15) is 4.79 Å². The van der Waals surface area contributed by atoms with Crippen molar-refractivity contribution >= 4 is 5.91 Å². The lowest BCUT2D eigenvalue weighted by Crippen LogP contribution is -2.46. The minimum Gasteiger partial charge on any atom is -0.497 e. The van der Waals surface area contributed by atoms with Crippen molar-refractivity contribution in [1.29, 1.82) is 0 Å². The quantitative estimate of drug-likeness (QED) is 0.430. The highest BCUT2D eigenvalue weighted by molar-refractivity contribution is 5.94. The molecule has 2 saturated heterocycles. The molecule has 1 amide bonds. The minimum atomic E-state index is -0.118. The van der Waals surface area contributed by atoms with Crippen molar-refractivity contribution in [3.05, 3.63) is 95.1 Å². The van der Waals surface area contributed by atoms with Crippen molar-refractivity contribution in [2.75, 3.05) is 60.5 Å². The SMILES string of the molecule is COc1ccc(C2(c3ccc(OC)cc3)CCCN(Cc3ccc(C(=O)N4CCCN(C)CC4)cc3)C2)cc1. The van der Waals surface area contributed by atoms with E-state index in [4.69, 9.17) is 9.47 Å². The second kappa shape index (κ2) is 12.2. The number of likely N-dealkylation sites (tertiary alicyclic amines) is 1. The van der Waals surface area contributed by atoms with E-state index in [2.05, 4.69) is 77.5 Å². The number of carbonyl (C=O) groups excluding carboxylic acids is 1. The zero-order valence-electron chi connectivity index (χ0n) is 23.6. The number of carbonyl (C=O) groups is 1. The second-order valence-electron chi connectivity index (χ2n) is 11.0. The van der Waals surface area contributed by atoms with Gasteiger partial charge in [0, 0.05) is 43.7 Å². The van der Waals surface area contributed by atoms with E-state index < -0.39 is 0 Å². The van der Waals surface area contributed by atoms with Crippen molar-refractivity contribution < 1.29 is 14.3 Å². The van der Waals surface area contributed by atoms with E-state index in [1.165, 1.54) is 16.7 Å². The maximum absolute atomic E-state index is 13.1. The molecule has 0 unspecified atom stereocenters. The smallest absolute Gasteiger partial charge is 0.253 e. The Morgan fingerprint density at radius 3 is 1.95 bits per heavy atom. The van der Waals surface area contributed by atoms with Gasteiger partial charge in [-0.1, -0.05) is 36.4 Å². The van der Waals surface area contributed by atoms with Gasteiger partial charge in [-0.3, -0.25) is 9.69 Å². The molecular weight excluding hydrogens is 486 g/mol. The van der Waals surface area contributed by atoms with Crippen LogP contribution >= 0.6 is 0 Å². The molecule has 206 valence electrons. The number of methoxy groups -OCH3 is 2. The summed E-state index contributed by atoms with van der Waals surface area (Å²) < 4.78 is 10.9. The highest BCUT2D eigenvalue weighted by atomic mass is 16.5. The van der Waals surface area contributed by atoms with Crippen LogP contribution in [-0.4, -0.2) is 81.1 Å². The van der Waals surface area contributed by atoms with E-state index in [1.54, 1.807) is 14.2 Å². The molecular formula is C33H41N3O3. The van der Waals surface area contributed by atoms with Crippen molar-refractivity contribution in [3.63, 3.8) is 0 Å². The summed E-state index contributed by atoms with van der Waals surface area (Å²) in [6, 6.07) is 25.4. The summed E-state index contributed by atoms with van der Waals surface area (Å²) in [5.41, 5.74) is 4.52. The summed E-state index contributed by atoms with van der Waals surface area (Å²) in [5, 5.41) is 0. The van der Waals surface area contributed by atoms with Crippen molar-refractivity contribution in [1.82, 2.24) is 14.7 Å². The number of rotatable bonds is 7. The zero-order chi connectivity index (χ0) is 27.2. The van der Waals surface area contributed by atoms with Crippen LogP contribution in [0, 0.1) is 0 Å². The van der Waals surface area contributed by atoms with E-state index in [-0.39, 0.29) is 11.3 Å². The molecule has 6 heteroatoms. The van der Waals surface area contributed by atoms with Gasteiger partial charge in [0.1, 0.15) is 11.5 Å². The van der Waals surface area contributed by atoms with Crippen LogP contribution in [0.2, 0.25) is 0 Å². The number of likely N-dealkylation sites (N-methyl/N-ethyl adjacent to an activating group) is 1. The first-order chi connectivity index (χ1) is 19.0. The third-order valence-corrected chi connectivity index (χ3v) is 8.47. The molecule has 0 bridgehead atoms. The Kier molecular flexibility index (Phi) is 8.53. The molecule has 3 aromatic carbocycles. The third-order valence-electron chi connectivity index (χ3n) is 8.47. The van der Waals surface area contributed by atoms with Gasteiger partial charge in [-0.2, -0.15) is 0 Å². The predicted octanol–water partition coefficient (Wildman–Crippen LogP) is 5.06. The lowest BCUT2D eigenvalue weighted by Gasteiger charge is -2.44. The maximum atomic E-state index is 13.1. The van der Waals surface area contributed by atoms with Crippen LogP contribution in [0.5, 0.6) is 11.5 Å². The van der Waals surface area contributed by atoms with Gasteiger partial charge in [0.25, 0.3) is 5.91 Å². The minimum absolute atomic E-state index is 0.118. The Bertz CT molecular complexity index is 1180. The lowest BCUT2D eigenvalue weighted by atomic mass is 9.69. The molecule has 0 aromatic heterocycles. The highest BCUT2D eigenvalue weighted by Crippen LogP contribution is 2.41. The summed E-state index contributed by atoms with van der Waals surface area (Å²) in [5.74, 6) is 1.89. The monoisotopic (exact) mass is 527 g/mol. The van der Waals surface area contributed by atoms with Gasteiger partial charge < -0.3 is 19.3 Å². The predicted molar refractivity (Wildman–Crippen MR) is 156 cm³/mol. The molecule has 0 atom stereocenters. The first-order valence-corrected chi connectivity index (χ1v) is 14.1. The molecule has 39 heavy (non-hydrogen) atoms. The van der Waals surface area contributed by atoms with Crippen LogP contribution < -0.4 is 9.47 Å². The standard InChI is InChI=1S/C33H41N3O3/c1-34-19-5-21-36(23-22-34)32(37)27-8-6-26(7-9-27)24-35-20-4-18-33(25-35,28-10-14-30(38-2)15-11-28)29-12-16-31(39-3)17-13-29/h6-17H,4-5,18-25H2,1-3H3. The Balaban J connectivity index is 1.34. The number of benzene rings is 3. The van der Waals surface area contributed by atoms with Gasteiger partial charge in [0.2, 0.25) is 0 Å². The van der Waals surface area contributed by atoms with Gasteiger partial charge in [0.15, 0.2) is 0 Å². The second-order valence-corrected chi connectivity index (χ2v) is 11.0. The number of nitrogens with zero attached hydrogens (tertiary/aromatic N) is 3. The first-order valence-electron chi connectivity index (χ1n) is 14.1. The van der Waals surface area contributed by atoms with Crippen LogP contribution in [0.3, 0.4) is 0 Å². The fourth-order valence-corrected chi connectivity index (χ4v) is 6.18. The van der Waals surface area contributed by atoms with E-state index in [0.717, 1.165) is 82.1 Å². The molecule has 3 aromatic rings. The van der Waals surface area contributed by atoms with Gasteiger partial charge in [-0.15, -0.1) is 0 Å². The van der Waals surface area contributed by atoms with Gasteiger partial charge in [0.05, 0.1) is 14.2 Å². The molecule has 5 rings (SSSR count). The number of amides is 1. The lowest BCUT2D eigenvalue weighted by molar-refractivity contribution is 0.0763. The topological polar surface area (TPSA) is 45.3 Å². The Morgan fingerprint density at radius 1 is 0.744 bits per heavy atom. The Labute approximate surface area is 233 Å². The highest BCUT2D eigenvalue weighted by Gasteiger charge is 2.38. The van der Waals surface area contributed by atoms with Crippen molar-refractivity contribution in [2.24, 2.45) is 0 Å². The molecule has 0 aliphatic carbocycles. The van der Waals surface area contributed by atoms with Crippen LogP contribution in [0.15, 0.2) is 72.8 Å². The average Bonchev–Trinajstić information content (AvgIpc) is 3.21. The largest absolute Gasteiger partial charge is 0.497 e. The summed E-state index contributed by atoms with van der Waals surface area (Å²) in [6.07, 6.45) is 3.22. The maximum Gasteiger partial charge on any atom is 0.253 e. The van der Waals surface area contributed by atoms with Crippen molar-refractivity contribution in [2.45, 2.75) is 31.2 Å². The molecule has 2 fully saturated rings. The molecule has 0 radical (unpaired) electrons. The Morgan fingerprint density at radius 2 is 1.36 bits per heavy atom. The third kappa shape index (κ3) is 6.13. The fraction of sp³-hybridized carbons (Fsp3) is 0.424. The number of piperidine rings is 1. The van der Waals surface area contributed by atoms with E-state index in [0.29, 0.717) is 0 Å². The molecule has 2 heterocycles. The average molecular weight is 528 g/mol. The van der Waals surface area contributed by atoms with Gasteiger partial charge >= 0.3 is 0 Å². The number of hydrogen-bond donors (Lipinski definition) is 0. The zero-order valence-corrected chi connectivity index (χ0v) is 23.6. The van der Waals surface area contributed by atoms with E-state index >= 15 is 0 Å². The van der Waals surface area contributed by atoms with Crippen LogP contribution in [-0.2, 0) is 12.0 Å². The Hall–Kier alpha value is -3.35. The molecule has 0 spiro atoms. The van der Waals surface area contributed by atoms with Crippen LogP contribution in [0.4, 0.5) is 0 Å².